The molecule has 0 spiro atoms. The van der Waals surface area contributed by atoms with Gasteiger partial charge >= 0.3 is 0 Å². The fourth-order valence-electron chi connectivity index (χ4n) is 3.33. The van der Waals surface area contributed by atoms with E-state index in [2.05, 4.69) is 26.9 Å². The number of hydrogen-bond donors (Lipinski definition) is 2. The normalized spacial score (nSPS) is 23.7. The molecular weight excluding hydrogens is 252 g/mol. The summed E-state index contributed by atoms with van der Waals surface area (Å²) in [6.45, 7) is 8.14. The van der Waals surface area contributed by atoms with Crippen molar-refractivity contribution < 1.29 is 5.11 Å². The van der Waals surface area contributed by atoms with Crippen molar-refractivity contribution in [2.75, 3.05) is 32.7 Å². The second-order valence-corrected chi connectivity index (χ2v) is 6.50. The molecule has 0 amide bonds. The highest BCUT2D eigenvalue weighted by Crippen LogP contribution is 2.18. The van der Waals surface area contributed by atoms with Gasteiger partial charge in [0.25, 0.3) is 0 Å². The number of piperidine rings is 1. The SMILES string of the molecule is CC1CCN(CC(O)CN2CCc3[nH]ncc3C2)CC1. The van der Waals surface area contributed by atoms with Crippen LogP contribution >= 0.6 is 0 Å². The van der Waals surface area contributed by atoms with Gasteiger partial charge in [0.1, 0.15) is 0 Å². The predicted molar refractivity (Wildman–Crippen MR) is 78.4 cm³/mol. The lowest BCUT2D eigenvalue weighted by atomic mass is 9.99. The average molecular weight is 278 g/mol. The van der Waals surface area contributed by atoms with E-state index in [9.17, 15) is 5.11 Å². The summed E-state index contributed by atoms with van der Waals surface area (Å²) in [7, 11) is 0. The first-order valence-electron chi connectivity index (χ1n) is 7.84. The fourth-order valence-corrected chi connectivity index (χ4v) is 3.33. The number of nitrogens with zero attached hydrogens (tertiary/aromatic N) is 3. The van der Waals surface area contributed by atoms with Gasteiger partial charge in [-0.05, 0) is 31.8 Å². The number of fused-ring (bicyclic) bond motifs is 1. The molecule has 1 unspecified atom stereocenters. The third-order valence-electron chi connectivity index (χ3n) is 4.69. The average Bonchev–Trinajstić information content (AvgIpc) is 2.89. The lowest BCUT2D eigenvalue weighted by Crippen LogP contribution is -2.44. The minimum atomic E-state index is -0.239. The van der Waals surface area contributed by atoms with E-state index >= 15 is 0 Å². The first-order chi connectivity index (χ1) is 9.70. The largest absolute Gasteiger partial charge is 0.390 e. The molecule has 3 heterocycles. The zero-order chi connectivity index (χ0) is 13.9. The number of aliphatic hydroxyl groups is 1. The minimum Gasteiger partial charge on any atom is -0.390 e. The van der Waals surface area contributed by atoms with Gasteiger partial charge in [0.05, 0.1) is 12.3 Å². The Balaban J connectivity index is 1.44. The van der Waals surface area contributed by atoms with Gasteiger partial charge in [-0.3, -0.25) is 10.00 Å². The molecule has 0 aromatic carbocycles. The first-order valence-corrected chi connectivity index (χ1v) is 7.84. The fraction of sp³-hybridized carbons (Fsp3) is 0.800. The number of aromatic amines is 1. The molecule has 1 atom stereocenters. The molecule has 0 radical (unpaired) electrons. The Labute approximate surface area is 121 Å². The maximum atomic E-state index is 10.3. The molecule has 0 saturated carbocycles. The quantitative estimate of drug-likeness (QED) is 0.858. The number of rotatable bonds is 4. The number of β-amino-alcohol motifs (C(OH)–C–C–N with tert-alkyl or cyclic N) is 1. The Hall–Kier alpha value is -0.910. The minimum absolute atomic E-state index is 0.239. The molecule has 112 valence electrons. The number of nitrogens with one attached hydrogen (secondary N) is 1. The van der Waals surface area contributed by atoms with Crippen molar-refractivity contribution in [1.29, 1.82) is 0 Å². The Morgan fingerprint density at radius 2 is 2.05 bits per heavy atom. The summed E-state index contributed by atoms with van der Waals surface area (Å²) in [6.07, 6.45) is 5.24. The topological polar surface area (TPSA) is 55.4 Å². The number of aromatic nitrogens is 2. The second kappa shape index (κ2) is 6.24. The molecule has 2 aliphatic heterocycles. The van der Waals surface area contributed by atoms with Crippen molar-refractivity contribution in [3.63, 3.8) is 0 Å². The molecule has 0 aliphatic carbocycles. The van der Waals surface area contributed by atoms with Crippen LogP contribution in [0.15, 0.2) is 6.20 Å². The van der Waals surface area contributed by atoms with E-state index in [0.29, 0.717) is 0 Å². The smallest absolute Gasteiger partial charge is 0.0793 e. The number of H-pyrrole nitrogens is 1. The van der Waals surface area contributed by atoms with Crippen LogP contribution in [0.2, 0.25) is 0 Å². The Kier molecular flexibility index (Phi) is 4.38. The summed E-state index contributed by atoms with van der Waals surface area (Å²) in [4.78, 5) is 4.76. The van der Waals surface area contributed by atoms with E-state index in [1.54, 1.807) is 0 Å². The first kappa shape index (κ1) is 14.0. The van der Waals surface area contributed by atoms with Crippen LogP contribution in [0.25, 0.3) is 0 Å². The Bertz CT molecular complexity index is 425. The van der Waals surface area contributed by atoms with E-state index in [4.69, 9.17) is 0 Å². The van der Waals surface area contributed by atoms with E-state index in [1.807, 2.05) is 6.20 Å². The Morgan fingerprint density at radius 1 is 1.30 bits per heavy atom. The number of hydrogen-bond acceptors (Lipinski definition) is 4. The molecule has 1 aromatic rings. The van der Waals surface area contributed by atoms with Crippen molar-refractivity contribution in [3.8, 4) is 0 Å². The van der Waals surface area contributed by atoms with Gasteiger partial charge in [0, 0.05) is 43.9 Å². The molecule has 1 fully saturated rings. The van der Waals surface area contributed by atoms with Crippen molar-refractivity contribution >= 4 is 0 Å². The van der Waals surface area contributed by atoms with Crippen LogP contribution in [0.1, 0.15) is 31.0 Å². The summed E-state index contributed by atoms with van der Waals surface area (Å²) in [6, 6.07) is 0. The van der Waals surface area contributed by atoms with Crippen LogP contribution < -0.4 is 0 Å². The summed E-state index contributed by atoms with van der Waals surface area (Å²) in [5, 5.41) is 17.5. The molecule has 3 rings (SSSR count). The van der Waals surface area contributed by atoms with Crippen LogP contribution in [0.3, 0.4) is 0 Å². The molecule has 1 aromatic heterocycles. The highest BCUT2D eigenvalue weighted by Gasteiger charge is 2.22. The van der Waals surface area contributed by atoms with Crippen LogP contribution in [0.5, 0.6) is 0 Å². The lowest BCUT2D eigenvalue weighted by molar-refractivity contribution is 0.0575. The van der Waals surface area contributed by atoms with Gasteiger partial charge in [-0.2, -0.15) is 5.10 Å². The lowest BCUT2D eigenvalue weighted by Gasteiger charge is -2.34. The molecule has 20 heavy (non-hydrogen) atoms. The molecule has 1 saturated heterocycles. The van der Waals surface area contributed by atoms with Gasteiger partial charge in [-0.15, -0.1) is 0 Å². The molecular formula is C15H26N4O. The van der Waals surface area contributed by atoms with Gasteiger partial charge < -0.3 is 10.0 Å². The predicted octanol–water partition coefficient (Wildman–Crippen LogP) is 0.861. The van der Waals surface area contributed by atoms with Crippen molar-refractivity contribution in [2.45, 2.75) is 38.8 Å². The third kappa shape index (κ3) is 3.40. The second-order valence-electron chi connectivity index (χ2n) is 6.50. The van der Waals surface area contributed by atoms with E-state index < -0.39 is 0 Å². The monoisotopic (exact) mass is 278 g/mol. The molecule has 2 N–H and O–H groups in total. The summed E-state index contributed by atoms with van der Waals surface area (Å²) in [5.41, 5.74) is 2.55. The molecule has 5 heteroatoms. The standard InChI is InChI=1S/C15H26N4O/c1-12-2-5-18(6-3-12)10-14(20)11-19-7-4-15-13(9-19)8-16-17-15/h8,12,14,20H,2-7,9-11H2,1H3,(H,16,17). The van der Waals surface area contributed by atoms with E-state index in [0.717, 1.165) is 51.6 Å². The van der Waals surface area contributed by atoms with Crippen molar-refractivity contribution in [3.05, 3.63) is 17.5 Å². The summed E-state index contributed by atoms with van der Waals surface area (Å²) < 4.78 is 0. The molecule has 5 nitrogen and oxygen atoms in total. The zero-order valence-corrected chi connectivity index (χ0v) is 12.4. The van der Waals surface area contributed by atoms with Crippen LogP contribution in [0, 0.1) is 5.92 Å². The van der Waals surface area contributed by atoms with Crippen LogP contribution in [0.4, 0.5) is 0 Å². The van der Waals surface area contributed by atoms with Gasteiger partial charge in [-0.1, -0.05) is 6.92 Å². The van der Waals surface area contributed by atoms with Gasteiger partial charge in [0.15, 0.2) is 0 Å². The molecule has 2 aliphatic rings. The van der Waals surface area contributed by atoms with Crippen LogP contribution in [-0.2, 0) is 13.0 Å². The van der Waals surface area contributed by atoms with Gasteiger partial charge in [0.2, 0.25) is 0 Å². The maximum absolute atomic E-state index is 10.3. The summed E-state index contributed by atoms with van der Waals surface area (Å²) >= 11 is 0. The Morgan fingerprint density at radius 3 is 2.85 bits per heavy atom. The number of aliphatic hydroxyl groups excluding tert-OH is 1. The third-order valence-corrected chi connectivity index (χ3v) is 4.69. The maximum Gasteiger partial charge on any atom is 0.0793 e. The van der Waals surface area contributed by atoms with E-state index in [-0.39, 0.29) is 6.10 Å². The van der Waals surface area contributed by atoms with Gasteiger partial charge in [-0.25, -0.2) is 0 Å². The van der Waals surface area contributed by atoms with Crippen LogP contribution in [-0.4, -0.2) is 63.9 Å². The highest BCUT2D eigenvalue weighted by atomic mass is 16.3. The zero-order valence-electron chi connectivity index (χ0n) is 12.4. The summed E-state index contributed by atoms with van der Waals surface area (Å²) in [5.74, 6) is 0.852. The van der Waals surface area contributed by atoms with Crippen molar-refractivity contribution in [2.24, 2.45) is 5.92 Å². The highest BCUT2D eigenvalue weighted by molar-refractivity contribution is 5.18. The molecule has 0 bridgehead atoms. The van der Waals surface area contributed by atoms with Crippen molar-refractivity contribution in [1.82, 2.24) is 20.0 Å². The number of likely N-dealkylation sites (tertiary alicyclic amines) is 1. The van der Waals surface area contributed by atoms with E-state index in [1.165, 1.54) is 24.1 Å².